The molecular weight excluding hydrogens is 1020 g/mol. The number of nitro groups is 1. The summed E-state index contributed by atoms with van der Waals surface area (Å²) in [5.74, 6) is 0.747. The summed E-state index contributed by atoms with van der Waals surface area (Å²) in [6.07, 6.45) is 17.8. The van der Waals surface area contributed by atoms with Gasteiger partial charge in [-0.15, -0.1) is 0 Å². The Morgan fingerprint density at radius 1 is 0.769 bits per heavy atom. The van der Waals surface area contributed by atoms with Crippen molar-refractivity contribution in [3.63, 3.8) is 0 Å². The van der Waals surface area contributed by atoms with Crippen LogP contribution in [-0.4, -0.2) is 122 Å². The van der Waals surface area contributed by atoms with Gasteiger partial charge in [-0.3, -0.25) is 28.8 Å². The fourth-order valence-corrected chi connectivity index (χ4v) is 10.0. The number of carbonyl (C=O) groups excluding carboxylic acids is 1. The molecule has 0 spiro atoms. The number of phosphoric ester groups is 1. The van der Waals surface area contributed by atoms with E-state index in [-0.39, 0.29) is 42.9 Å². The lowest BCUT2D eigenvalue weighted by atomic mass is 10.0. The number of phosphoric acid groups is 1. The summed E-state index contributed by atoms with van der Waals surface area (Å²) < 4.78 is 52.2. The van der Waals surface area contributed by atoms with E-state index in [1.165, 1.54) is 31.4 Å². The van der Waals surface area contributed by atoms with Crippen molar-refractivity contribution >= 4 is 63.8 Å². The maximum Gasteiger partial charge on any atom is 0.472 e. The number of nitro benzene ring substituents is 1. The van der Waals surface area contributed by atoms with E-state index in [9.17, 15) is 29.2 Å². The number of quaternary nitrogens is 1. The molecule has 2 aliphatic rings. The number of hydrogen-bond donors (Lipinski definition) is 2. The number of carbonyl (C=O) groups is 1. The van der Waals surface area contributed by atoms with Crippen LogP contribution in [0, 0.1) is 10.1 Å². The van der Waals surface area contributed by atoms with E-state index in [0.717, 1.165) is 120 Å². The van der Waals surface area contributed by atoms with Crippen molar-refractivity contribution < 1.29 is 56.0 Å². The van der Waals surface area contributed by atoms with E-state index in [1.807, 2.05) is 51.5 Å². The molecule has 0 saturated heterocycles. The minimum atomic E-state index is -4.36. The first-order chi connectivity index (χ1) is 37.6. The minimum Gasteiger partial charge on any atom is -0.494 e. The third-order valence-electron chi connectivity index (χ3n) is 13.7. The molecule has 0 saturated carbocycles. The molecule has 0 bridgehead atoms. The van der Waals surface area contributed by atoms with Crippen LogP contribution in [0.4, 0.5) is 17.1 Å². The van der Waals surface area contributed by atoms with Crippen LogP contribution in [0.2, 0.25) is 0 Å². The number of likely N-dealkylation sites (N-methyl/N-ethyl adjacent to an activating group) is 1. The highest BCUT2D eigenvalue weighted by atomic mass is 31.2. The van der Waals surface area contributed by atoms with Crippen molar-refractivity contribution in [3.05, 3.63) is 74.9 Å². The third-order valence-corrected chi connectivity index (χ3v) is 14.7. The zero-order valence-electron chi connectivity index (χ0n) is 46.5. The van der Waals surface area contributed by atoms with Crippen LogP contribution in [0.15, 0.2) is 68.4 Å². The predicted molar refractivity (Wildman–Crippen MR) is 303 cm³/mol. The average Bonchev–Trinajstić information content (AvgIpc) is 4.03. The molecule has 2 atom stereocenters. The summed E-state index contributed by atoms with van der Waals surface area (Å²) in [6.45, 7) is 8.03. The molecule has 1 aliphatic heterocycles. The van der Waals surface area contributed by atoms with Crippen LogP contribution >= 0.6 is 7.82 Å². The van der Waals surface area contributed by atoms with E-state index in [1.54, 1.807) is 6.07 Å². The van der Waals surface area contributed by atoms with E-state index in [0.29, 0.717) is 76.6 Å². The number of rotatable bonds is 40. The van der Waals surface area contributed by atoms with Crippen molar-refractivity contribution in [2.75, 3.05) is 90.6 Å². The number of ether oxygens (including phenoxy) is 3. The average molecular weight is 1110 g/mol. The highest BCUT2D eigenvalue weighted by Crippen LogP contribution is 2.43. The number of nitrogens with one attached hydrogen (secondary N) is 1. The van der Waals surface area contributed by atoms with Crippen molar-refractivity contribution in [1.82, 2.24) is 15.3 Å². The molecule has 0 fully saturated rings. The number of fused-ring (bicyclic) bond motifs is 5. The van der Waals surface area contributed by atoms with Gasteiger partial charge < -0.3 is 38.2 Å². The standard InChI is InChI=1S/C57H82N7O13P/c1-6-62(7-2)43-27-30-48-52(38-43)76-53-40-51(65)47-39-44(28-29-46(47)55(53)59-48)72-36-25-21-17-13-9-8-12-16-20-24-35-71-41-45(42-74-78(69,70)73-37-34-64(3,4)5)75-54(66)26-22-18-14-10-11-15-19-23-33-58-49-31-32-50(63(67)68)57-56(49)60-77-61-57/h27-32,38-40,45H,6-26,33-37,41-42H2,1-5H3,(H-,58,61,69,70)/p+1. The summed E-state index contributed by atoms with van der Waals surface area (Å²) in [5.41, 5.74) is 3.97. The molecule has 21 heteroatoms. The van der Waals surface area contributed by atoms with Crippen LogP contribution in [0.1, 0.15) is 136 Å². The molecule has 0 radical (unpaired) electrons. The quantitative estimate of drug-likeness (QED) is 0.00531. The number of esters is 1. The second-order valence-electron chi connectivity index (χ2n) is 21.0. The van der Waals surface area contributed by atoms with Gasteiger partial charge in [0.15, 0.2) is 22.3 Å². The summed E-state index contributed by atoms with van der Waals surface area (Å²) in [7, 11) is 1.49. The summed E-state index contributed by atoms with van der Waals surface area (Å²) in [5, 5.41) is 23.3. The Balaban J connectivity index is 0.790. The van der Waals surface area contributed by atoms with Crippen LogP contribution < -0.4 is 20.4 Å². The molecule has 2 heterocycles. The molecule has 1 aliphatic carbocycles. The van der Waals surface area contributed by atoms with Gasteiger partial charge >= 0.3 is 19.5 Å². The van der Waals surface area contributed by atoms with Gasteiger partial charge in [-0.2, -0.15) is 0 Å². The number of hydrogen-bond acceptors (Lipinski definition) is 17. The van der Waals surface area contributed by atoms with Crippen molar-refractivity contribution in [1.29, 1.82) is 0 Å². The third kappa shape index (κ3) is 20.2. The molecule has 6 rings (SSSR count). The summed E-state index contributed by atoms with van der Waals surface area (Å²) >= 11 is 0. The normalized spacial score (nSPS) is 13.1. The Morgan fingerprint density at radius 2 is 1.42 bits per heavy atom. The zero-order chi connectivity index (χ0) is 55.8. The summed E-state index contributed by atoms with van der Waals surface area (Å²) in [6, 6.07) is 16.2. The lowest BCUT2D eigenvalue weighted by Gasteiger charge is -2.24. The number of nitrogens with zero attached hydrogens (tertiary/aromatic N) is 6. The molecule has 78 heavy (non-hydrogen) atoms. The fraction of sp³-hybridized carbons (Fsp3) is 0.596. The second-order valence-corrected chi connectivity index (χ2v) is 22.5. The van der Waals surface area contributed by atoms with E-state index < -0.39 is 24.8 Å². The lowest BCUT2D eigenvalue weighted by Crippen LogP contribution is -2.37. The van der Waals surface area contributed by atoms with Gasteiger partial charge in [-0.1, -0.05) is 89.9 Å². The zero-order valence-corrected chi connectivity index (χ0v) is 47.4. The molecule has 1 aromatic heterocycles. The first kappa shape index (κ1) is 61.5. The van der Waals surface area contributed by atoms with Gasteiger partial charge in [-0.25, -0.2) is 14.2 Å². The van der Waals surface area contributed by atoms with Gasteiger partial charge in [0.25, 0.3) is 0 Å². The van der Waals surface area contributed by atoms with Gasteiger partial charge in [0.1, 0.15) is 36.2 Å². The number of benzene rings is 4. The molecule has 20 nitrogen and oxygen atoms in total. The predicted octanol–water partition coefficient (Wildman–Crippen LogP) is 12.4. The lowest BCUT2D eigenvalue weighted by molar-refractivity contribution is -0.870. The SMILES string of the molecule is CCN(CC)c1ccc2nc3c4ccc(OCCCCCCCCCCCCOCC(COP(=O)(O)OCC[N+](C)(C)C)OC(=O)CCCCCCCCCCNc5ccc([N+](=O)[O-])c6nonc56)cc4c(=O)cc-3oc2c1. The van der Waals surface area contributed by atoms with Crippen LogP contribution in [0.5, 0.6) is 5.75 Å². The largest absolute Gasteiger partial charge is 0.494 e. The fourth-order valence-electron chi connectivity index (χ4n) is 9.27. The Morgan fingerprint density at radius 3 is 2.10 bits per heavy atom. The molecule has 0 amide bonds. The molecular formula is C57H83N7O13P+. The minimum absolute atomic E-state index is 0.0348. The van der Waals surface area contributed by atoms with Crippen molar-refractivity contribution in [2.45, 2.75) is 142 Å². The van der Waals surface area contributed by atoms with Gasteiger partial charge in [0.05, 0.1) is 51.6 Å². The monoisotopic (exact) mass is 1100 g/mol. The Hall–Kier alpha value is -5.76. The van der Waals surface area contributed by atoms with Crippen molar-refractivity contribution in [3.8, 4) is 17.2 Å². The van der Waals surface area contributed by atoms with Crippen molar-refractivity contribution in [2.24, 2.45) is 0 Å². The first-order valence-corrected chi connectivity index (χ1v) is 29.7. The maximum atomic E-state index is 13.2. The van der Waals surface area contributed by atoms with E-state index >= 15 is 0 Å². The van der Waals surface area contributed by atoms with Crippen LogP contribution in [-0.2, 0) is 27.9 Å². The van der Waals surface area contributed by atoms with Crippen LogP contribution in [0.3, 0.4) is 0 Å². The highest BCUT2D eigenvalue weighted by Gasteiger charge is 2.27. The molecule has 4 aromatic rings. The Kier molecular flexibility index (Phi) is 25.0. The smallest absolute Gasteiger partial charge is 0.472 e. The number of aromatic nitrogens is 3. The molecule has 428 valence electrons. The molecule has 3 aromatic carbocycles. The number of non-ortho nitro benzene ring substituents is 1. The Bertz CT molecular complexity index is 2870. The molecule has 2 unspecified atom stereocenters. The second kappa shape index (κ2) is 31.7. The molecule has 2 N–H and O–H groups in total. The van der Waals surface area contributed by atoms with Gasteiger partial charge in [-0.05, 0) is 86.2 Å². The number of anilines is 2. The first-order valence-electron chi connectivity index (χ1n) is 28.2. The van der Waals surface area contributed by atoms with Crippen LogP contribution in [0.25, 0.3) is 44.4 Å². The summed E-state index contributed by atoms with van der Waals surface area (Å²) in [4.78, 5) is 54.2. The maximum absolute atomic E-state index is 13.2. The Labute approximate surface area is 458 Å². The van der Waals surface area contributed by atoms with E-state index in [2.05, 4.69) is 40.4 Å². The topological polar surface area (TPSA) is 241 Å². The number of unbranched alkanes of at least 4 members (excludes halogenated alkanes) is 16. The van der Waals surface area contributed by atoms with Gasteiger partial charge in [0, 0.05) is 67.3 Å². The highest BCUT2D eigenvalue weighted by molar-refractivity contribution is 7.47. The van der Waals surface area contributed by atoms with E-state index in [4.69, 9.17) is 37.3 Å². The van der Waals surface area contributed by atoms with Gasteiger partial charge in [0.2, 0.25) is 5.52 Å².